The van der Waals surface area contributed by atoms with E-state index in [4.69, 9.17) is 5.26 Å². The molecule has 0 unspecified atom stereocenters. The standard InChI is InChI=1S/CN.2Au.K/c1-2;;;. The van der Waals surface area contributed by atoms with E-state index in [0.29, 0.717) is 49.0 Å². The van der Waals surface area contributed by atoms with Gasteiger partial charge in [0.1, 0.15) is 0 Å². The Morgan fingerprint density at radius 1 is 1.60 bits per heavy atom. The normalized spacial score (nSPS) is 3.40. The van der Waals surface area contributed by atoms with Crippen molar-refractivity contribution in [3.8, 4) is 0.164 Å². The first-order valence-electron chi connectivity index (χ1n) is 0.815. The van der Waals surface area contributed by atoms with E-state index in [-0.39, 0.29) is 0 Å². The molecular formula is CAu2KN. The van der Waals surface area contributed by atoms with Gasteiger partial charge in [-0.15, -0.1) is 0 Å². The van der Waals surface area contributed by atoms with Crippen LogP contribution in [0.1, 0.15) is 0 Å². The van der Waals surface area contributed by atoms with E-state index in [9.17, 15) is 0 Å². The molecule has 1 nitrogen and oxygen atoms in total. The Morgan fingerprint density at radius 2 is 1.60 bits per heavy atom. The molecular weight excluding hydrogens is 459 g/mol. The van der Waals surface area contributed by atoms with Crippen LogP contribution in [0.5, 0.6) is 0 Å². The fraction of sp³-hybridized carbons (Fsp3) is 0. The predicted molar refractivity (Wildman–Crippen MR) is 11.4 cm³/mol. The Bertz CT molecular complexity index is 31.1. The average Bonchev–Trinajstić information content (AvgIpc) is 1.46. The Hall–Kier alpha value is 2.61. The fourth-order valence-corrected chi connectivity index (χ4v) is 0. The van der Waals surface area contributed by atoms with E-state index in [1.54, 1.807) is 0 Å². The minimum atomic E-state index is 0.410. The molecule has 0 amide bonds. The molecule has 0 N–H and O–H groups in total. The van der Waals surface area contributed by atoms with Crippen molar-refractivity contribution in [2.75, 3.05) is 0 Å². The van der Waals surface area contributed by atoms with Crippen LogP contribution < -0.4 is 0 Å². The molecule has 32 valence electrons. The third-order valence-corrected chi connectivity index (χ3v) is 0. The first kappa shape index (κ1) is 10.6. The van der Waals surface area contributed by atoms with E-state index in [0.717, 1.165) is 0 Å². The van der Waals surface area contributed by atoms with E-state index >= 15 is 0 Å². The van der Waals surface area contributed by atoms with Gasteiger partial charge in [0.15, 0.2) is 0 Å². The van der Waals surface area contributed by atoms with Gasteiger partial charge in [0, 0.05) is 0 Å². The SMILES string of the molecule is N#[C][K].[Au][Au]. The van der Waals surface area contributed by atoms with Crippen molar-refractivity contribution in [1.29, 1.82) is 5.26 Å². The number of nitriles is 1. The minimum absolute atomic E-state index is 0.410. The van der Waals surface area contributed by atoms with Crippen molar-refractivity contribution in [3.63, 3.8) is 0 Å². The molecule has 0 saturated carbocycles. The predicted octanol–water partition coefficient (Wildman–Crippen LogP) is -0.369. The second-order valence-corrected chi connectivity index (χ2v) is 0.922. The summed E-state index contributed by atoms with van der Waals surface area (Å²) in [7, 11) is 0. The molecule has 0 aliphatic carbocycles. The summed E-state index contributed by atoms with van der Waals surface area (Å²) >= 11 is 4.85. The third-order valence-electron chi connectivity index (χ3n) is 0. The number of nitrogens with zero attached hydrogens (tertiary/aromatic N) is 1. The van der Waals surface area contributed by atoms with Crippen LogP contribution in [-0.2, 0) is 35.3 Å². The quantitative estimate of drug-likeness (QED) is 0.454. The van der Waals surface area contributed by atoms with Gasteiger partial charge in [-0.05, 0) is 0 Å². The molecule has 0 rings (SSSR count). The summed E-state index contributed by atoms with van der Waals surface area (Å²) in [5, 5.41) is 7.40. The van der Waals surface area contributed by atoms with Gasteiger partial charge in [-0.2, -0.15) is 0 Å². The third kappa shape index (κ3) is 20.6. The van der Waals surface area contributed by atoms with Gasteiger partial charge in [-0.25, -0.2) is 0 Å². The Kier molecular flexibility index (Phi) is 33.7. The van der Waals surface area contributed by atoms with E-state index in [2.05, 4.69) is 35.3 Å². The van der Waals surface area contributed by atoms with Crippen molar-refractivity contribution >= 4 is 49.0 Å². The molecule has 0 heterocycles. The Morgan fingerprint density at radius 3 is 1.60 bits per heavy atom. The van der Waals surface area contributed by atoms with Crippen molar-refractivity contribution in [1.82, 2.24) is 0 Å². The van der Waals surface area contributed by atoms with Gasteiger partial charge >= 0.3 is 89.7 Å². The maximum atomic E-state index is 7.40. The fourth-order valence-electron chi connectivity index (χ4n) is 0. The van der Waals surface area contributed by atoms with Crippen molar-refractivity contribution in [2.45, 2.75) is 0 Å². The molecule has 0 aromatic carbocycles. The topological polar surface area (TPSA) is 23.8 Å². The summed E-state index contributed by atoms with van der Waals surface area (Å²) < 4.78 is 1.94. The number of hydrogen-bond donors (Lipinski definition) is 0. The molecule has 0 fully saturated rings. The molecule has 5 heavy (non-hydrogen) atoms. The summed E-state index contributed by atoms with van der Waals surface area (Å²) in [4.78, 5) is 0. The second-order valence-electron chi connectivity index (χ2n) is 0.224. The zero-order valence-electron chi connectivity index (χ0n) is 2.55. The van der Waals surface area contributed by atoms with Crippen LogP contribution in [0.15, 0.2) is 0 Å². The summed E-state index contributed by atoms with van der Waals surface area (Å²) in [6, 6.07) is 0. The molecule has 0 aromatic heterocycles. The van der Waals surface area contributed by atoms with Crippen LogP contribution >= 0.6 is 0 Å². The first-order chi connectivity index (χ1) is 2.41. The second kappa shape index (κ2) is 16.0. The van der Waals surface area contributed by atoms with Gasteiger partial charge in [-0.3, -0.25) is 0 Å². The van der Waals surface area contributed by atoms with Crippen LogP contribution in [0, 0.1) is 5.43 Å². The van der Waals surface area contributed by atoms with Gasteiger partial charge in [0.25, 0.3) is 0 Å². The van der Waals surface area contributed by atoms with Crippen molar-refractivity contribution in [2.24, 2.45) is 0 Å². The first-order valence-corrected chi connectivity index (χ1v) is 8.38. The monoisotopic (exact) mass is 459 g/mol. The molecule has 0 saturated heterocycles. The summed E-state index contributed by atoms with van der Waals surface area (Å²) in [6.45, 7) is 0. The molecule has 0 aromatic rings. The summed E-state index contributed by atoms with van der Waals surface area (Å²) in [6.07, 6.45) is 0. The van der Waals surface area contributed by atoms with Gasteiger partial charge in [0.05, 0.1) is 0 Å². The zero-order valence-corrected chi connectivity index (χ0v) is 10.0. The summed E-state index contributed by atoms with van der Waals surface area (Å²) in [5.74, 6) is 0. The molecule has 0 atom stereocenters. The molecule has 0 bridgehead atoms. The van der Waals surface area contributed by atoms with E-state index in [1.165, 1.54) is 0 Å². The molecule has 0 spiro atoms. The van der Waals surface area contributed by atoms with Crippen LogP contribution in [0.3, 0.4) is 0 Å². The van der Waals surface area contributed by atoms with Crippen molar-refractivity contribution < 1.29 is 35.3 Å². The Balaban J connectivity index is 0. The van der Waals surface area contributed by atoms with Crippen LogP contribution in [0.4, 0.5) is 0 Å². The molecule has 0 radical (unpaired) electrons. The Labute approximate surface area is 87.0 Å². The maximum absolute atomic E-state index is 7.40. The van der Waals surface area contributed by atoms with Crippen LogP contribution in [0.2, 0.25) is 0 Å². The van der Waals surface area contributed by atoms with Crippen molar-refractivity contribution in [3.05, 3.63) is 0 Å². The summed E-state index contributed by atoms with van der Waals surface area (Å²) in [5.41, 5.74) is 0. The van der Waals surface area contributed by atoms with Gasteiger partial charge in [0.2, 0.25) is 0 Å². The molecule has 4 heteroatoms. The van der Waals surface area contributed by atoms with Crippen LogP contribution in [0.25, 0.3) is 0 Å². The number of rotatable bonds is 0. The molecule has 0 aliphatic heterocycles. The van der Waals surface area contributed by atoms with Crippen LogP contribution in [-0.4, -0.2) is 49.0 Å². The van der Waals surface area contributed by atoms with E-state index in [1.807, 2.05) is 0.164 Å². The zero-order chi connectivity index (χ0) is 4.71. The number of hydrogen-bond acceptors (Lipinski definition) is 1. The molecule has 0 aliphatic rings. The average molecular weight is 459 g/mol. The van der Waals surface area contributed by atoms with E-state index < -0.39 is 0 Å². The van der Waals surface area contributed by atoms with Gasteiger partial charge in [-0.1, -0.05) is 0 Å². The van der Waals surface area contributed by atoms with Gasteiger partial charge < -0.3 is 0 Å².